The number of nitrogens with zero attached hydrogens (tertiary/aromatic N) is 2. The number of rotatable bonds is 6. The fourth-order valence-corrected chi connectivity index (χ4v) is 2.66. The van der Waals surface area contributed by atoms with Crippen LogP contribution in [0.1, 0.15) is 64.0 Å². The molecule has 2 aromatic rings. The fourth-order valence-electron chi connectivity index (χ4n) is 1.88. The third kappa shape index (κ3) is 16.3. The van der Waals surface area contributed by atoms with E-state index in [-0.39, 0.29) is 0 Å². The van der Waals surface area contributed by atoms with Crippen LogP contribution in [0.2, 0.25) is 0 Å². The van der Waals surface area contributed by atoms with Crippen molar-refractivity contribution in [1.29, 1.82) is 0 Å². The Labute approximate surface area is 196 Å². The monoisotopic (exact) mass is 442 g/mol. The Morgan fingerprint density at radius 3 is 2.03 bits per heavy atom. The molecule has 3 nitrogen and oxygen atoms in total. The van der Waals surface area contributed by atoms with E-state index in [0.29, 0.717) is 0 Å². The van der Waals surface area contributed by atoms with Gasteiger partial charge in [0.25, 0.3) is 0 Å². The van der Waals surface area contributed by atoms with Crippen LogP contribution in [0.15, 0.2) is 59.8 Å². The van der Waals surface area contributed by atoms with Crippen molar-refractivity contribution < 1.29 is 4.74 Å². The van der Waals surface area contributed by atoms with Gasteiger partial charge in [0.15, 0.2) is 0 Å². The van der Waals surface area contributed by atoms with Crippen LogP contribution < -0.4 is 9.64 Å². The summed E-state index contributed by atoms with van der Waals surface area (Å²) in [6.45, 7) is 22.5. The van der Waals surface area contributed by atoms with Crippen molar-refractivity contribution in [3.8, 4) is 5.75 Å². The van der Waals surface area contributed by atoms with Crippen molar-refractivity contribution in [2.24, 2.45) is 4.99 Å². The number of benzene rings is 1. The Morgan fingerprint density at radius 1 is 1.13 bits per heavy atom. The molecule has 2 rings (SSSR count). The average molecular weight is 443 g/mol. The Morgan fingerprint density at radius 2 is 1.71 bits per heavy atom. The second kappa shape index (κ2) is 19.8. The number of aliphatic imine (C=N–C) groups is 1. The first kappa shape index (κ1) is 31.1. The number of anilines is 1. The van der Waals surface area contributed by atoms with Crippen molar-refractivity contribution in [2.75, 3.05) is 19.1 Å². The molecule has 0 saturated carbocycles. The second-order valence-corrected chi connectivity index (χ2v) is 8.19. The van der Waals surface area contributed by atoms with Gasteiger partial charge in [0.2, 0.25) is 0 Å². The molecule has 0 radical (unpaired) electrons. The van der Waals surface area contributed by atoms with Crippen LogP contribution in [-0.4, -0.2) is 26.8 Å². The third-order valence-electron chi connectivity index (χ3n) is 4.20. The van der Waals surface area contributed by atoms with Gasteiger partial charge in [-0.2, -0.15) is 0 Å². The molecule has 1 heterocycles. The van der Waals surface area contributed by atoms with Crippen LogP contribution in [0.25, 0.3) is 0 Å². The summed E-state index contributed by atoms with van der Waals surface area (Å²) < 4.78 is 6.44. The first-order valence-corrected chi connectivity index (χ1v) is 11.8. The van der Waals surface area contributed by atoms with E-state index in [0.717, 1.165) is 24.3 Å². The molecular weight excluding hydrogens is 399 g/mol. The van der Waals surface area contributed by atoms with Crippen molar-refractivity contribution in [1.82, 2.24) is 0 Å². The first-order chi connectivity index (χ1) is 14.8. The van der Waals surface area contributed by atoms with Gasteiger partial charge in [-0.1, -0.05) is 39.8 Å². The number of methoxy groups -OCH3 is 1. The molecule has 0 unspecified atom stereocenters. The number of aryl methyl sites for hydroxylation is 2. The zero-order valence-corrected chi connectivity index (χ0v) is 22.3. The standard InChI is InChI=1S/C10H13NO.C9H17N.C5H7BS.C2H6/c1-4-11(2)9-5-7-10(12-3)8-6-9;1-5-8(3)7-10-9(4)6-2;1-4-3-6-5(2)7-4;1-2/h4-8H,1H2,2-3H3;7H,5-6H2,1-4H3;3H,1-2H3;1-2H3/b;8-7+,10-9?;;. The van der Waals surface area contributed by atoms with Crippen LogP contribution in [0.4, 0.5) is 5.69 Å². The number of hydrogen-bond donors (Lipinski definition) is 0. The molecular formula is C26H43BN2OS. The van der Waals surface area contributed by atoms with E-state index in [9.17, 15) is 0 Å². The van der Waals surface area contributed by atoms with Gasteiger partial charge in [-0.3, -0.25) is 4.99 Å². The summed E-state index contributed by atoms with van der Waals surface area (Å²) in [6, 6.07) is 7.83. The van der Waals surface area contributed by atoms with E-state index in [1.807, 2.05) is 67.6 Å². The molecule has 0 aliphatic carbocycles. The van der Waals surface area contributed by atoms with Gasteiger partial charge >= 0.3 is 47.7 Å². The Kier molecular flexibility index (Phi) is 19.8. The van der Waals surface area contributed by atoms with Crippen molar-refractivity contribution in [3.63, 3.8) is 0 Å². The molecule has 0 spiro atoms. The summed E-state index contributed by atoms with van der Waals surface area (Å²) in [7, 11) is 3.61. The minimum atomic E-state index is 0.871. The van der Waals surface area contributed by atoms with Crippen LogP contribution in [0, 0.1) is 13.8 Å². The van der Waals surface area contributed by atoms with Gasteiger partial charge in [0, 0.05) is 24.6 Å². The van der Waals surface area contributed by atoms with Gasteiger partial charge in [0.05, 0.1) is 7.11 Å². The molecule has 0 aliphatic rings. The van der Waals surface area contributed by atoms with Crippen LogP contribution in [0.3, 0.4) is 0 Å². The van der Waals surface area contributed by atoms with E-state index >= 15 is 0 Å². The third-order valence-corrected chi connectivity index (χ3v) is 5.12. The molecule has 0 N–H and O–H groups in total. The summed E-state index contributed by atoms with van der Waals surface area (Å²) in [5.41, 5.74) is 3.64. The van der Waals surface area contributed by atoms with Crippen molar-refractivity contribution in [2.45, 2.75) is 68.2 Å². The molecule has 0 aliphatic heterocycles. The Balaban J connectivity index is 0. The van der Waals surface area contributed by atoms with Gasteiger partial charge in [-0.05, 0) is 57.2 Å². The van der Waals surface area contributed by atoms with Gasteiger partial charge in [0.1, 0.15) is 5.75 Å². The summed E-state index contributed by atoms with van der Waals surface area (Å²) in [6.07, 6.45) is 5.87. The Hall–Kier alpha value is -2.14. The van der Waals surface area contributed by atoms with Gasteiger partial charge < -0.3 is 9.64 Å². The predicted octanol–water partition coefficient (Wildman–Crippen LogP) is 8.18. The van der Waals surface area contributed by atoms with E-state index < -0.39 is 0 Å². The number of ether oxygens (including phenoxy) is 1. The van der Waals surface area contributed by atoms with Crippen molar-refractivity contribution >= 4 is 29.6 Å². The van der Waals surface area contributed by atoms with E-state index in [2.05, 4.69) is 66.0 Å². The topological polar surface area (TPSA) is 24.8 Å². The molecule has 172 valence electrons. The molecule has 0 saturated heterocycles. The normalized spacial score (nSPS) is 10.3. The molecule has 0 amide bonds. The summed E-state index contributed by atoms with van der Waals surface area (Å²) in [5.74, 6) is 3.01. The molecule has 1 aromatic heterocycles. The maximum atomic E-state index is 5.04. The summed E-state index contributed by atoms with van der Waals surface area (Å²) in [5, 5.41) is 0. The zero-order chi connectivity index (χ0) is 24.2. The van der Waals surface area contributed by atoms with Crippen molar-refractivity contribution in [3.05, 3.63) is 64.4 Å². The molecule has 1 aromatic carbocycles. The number of allylic oxidation sites excluding steroid dienone is 1. The van der Waals surface area contributed by atoms with Gasteiger partial charge in [-0.15, -0.1) is 0 Å². The van der Waals surface area contributed by atoms with E-state index in [1.54, 1.807) is 13.3 Å². The Bertz CT molecular complexity index is 729. The van der Waals surface area contributed by atoms with Crippen LogP contribution in [-0.2, 0) is 0 Å². The minimum absolute atomic E-state index is 0.871. The molecule has 0 fully saturated rings. The van der Waals surface area contributed by atoms with Crippen LogP contribution in [0.5, 0.6) is 5.75 Å². The molecule has 5 heteroatoms. The molecule has 0 atom stereocenters. The molecule has 0 bridgehead atoms. The van der Waals surface area contributed by atoms with E-state index in [1.165, 1.54) is 20.9 Å². The molecule has 31 heavy (non-hydrogen) atoms. The quantitative estimate of drug-likeness (QED) is 0.421. The number of hydrogen-bond acceptors (Lipinski definition) is 4. The fraction of sp³-hybridized carbons (Fsp3) is 0.462. The summed E-state index contributed by atoms with van der Waals surface area (Å²) >= 11 is 1.84. The summed E-state index contributed by atoms with van der Waals surface area (Å²) in [4.78, 5) is 7.61. The van der Waals surface area contributed by atoms with E-state index in [4.69, 9.17) is 4.74 Å². The maximum absolute atomic E-state index is 5.04. The average Bonchev–Trinajstić information content (AvgIpc) is 3.21. The second-order valence-electron chi connectivity index (χ2n) is 6.70. The van der Waals surface area contributed by atoms with Crippen LogP contribution >= 0.6 is 11.3 Å². The zero-order valence-electron chi connectivity index (χ0n) is 21.5. The first-order valence-electron chi connectivity index (χ1n) is 11.0. The SMILES string of the molecule is C=CN(C)c1ccc(OC)cc1.CC.CCC(C)=N/C=C(\C)CC.Cc1bcc(C)s1. The predicted molar refractivity (Wildman–Crippen MR) is 146 cm³/mol. The van der Waals surface area contributed by atoms with Gasteiger partial charge in [-0.25, -0.2) is 0 Å².